The normalized spacial score (nSPS) is 24.1. The second kappa shape index (κ2) is 5.52. The third-order valence-electron chi connectivity index (χ3n) is 4.01. The van der Waals surface area contributed by atoms with Gasteiger partial charge in [-0.05, 0) is 44.4 Å². The average Bonchev–Trinajstić information content (AvgIpc) is 2.66. The lowest BCUT2D eigenvalue weighted by Gasteiger charge is -2.31. The molecule has 21 heavy (non-hydrogen) atoms. The minimum atomic E-state index is -1.64. The lowest BCUT2D eigenvalue weighted by atomic mass is 9.93. The number of carbonyl (C=O) groups is 1. The maximum atomic E-state index is 14.3. The first-order valence-electron chi connectivity index (χ1n) is 6.89. The van der Waals surface area contributed by atoms with Crippen LogP contribution in [0.4, 0.5) is 8.78 Å². The monoisotopic (exact) mass is 311 g/mol. The summed E-state index contributed by atoms with van der Waals surface area (Å²) in [5.41, 5.74) is -0.667. The topological polar surface area (TPSA) is 29.4 Å². The summed E-state index contributed by atoms with van der Waals surface area (Å²) < 4.78 is 26.0. The number of alkyl halides is 1. The molecule has 1 aromatic carbocycles. The maximum Gasteiger partial charge on any atom is 0.266 e. The zero-order valence-corrected chi connectivity index (χ0v) is 13.4. The summed E-state index contributed by atoms with van der Waals surface area (Å²) in [5.74, 6) is -0.600. The van der Waals surface area contributed by atoms with Gasteiger partial charge < -0.3 is 0 Å². The summed E-state index contributed by atoms with van der Waals surface area (Å²) >= 11 is 1.21. The Morgan fingerprint density at radius 1 is 1.33 bits per heavy atom. The van der Waals surface area contributed by atoms with Gasteiger partial charge in [-0.2, -0.15) is 0 Å². The molecule has 0 aliphatic carbocycles. The second-order valence-corrected chi connectivity index (χ2v) is 7.57. The average molecular weight is 311 g/mol. The molecule has 0 unspecified atom stereocenters. The van der Waals surface area contributed by atoms with E-state index in [0.717, 1.165) is 5.56 Å². The van der Waals surface area contributed by atoms with Crippen molar-refractivity contribution >= 4 is 22.7 Å². The molecule has 2 atom stereocenters. The van der Waals surface area contributed by atoms with Gasteiger partial charge >= 0.3 is 0 Å². The minimum Gasteiger partial charge on any atom is -0.271 e. The van der Waals surface area contributed by atoms with Crippen LogP contribution >= 0.6 is 11.8 Å². The molecule has 1 heterocycles. The molecule has 0 fully saturated rings. The van der Waals surface area contributed by atoms with E-state index in [4.69, 9.17) is 0 Å². The fourth-order valence-corrected chi connectivity index (χ4v) is 3.46. The van der Waals surface area contributed by atoms with Gasteiger partial charge in [-0.25, -0.2) is 13.8 Å². The van der Waals surface area contributed by atoms with E-state index < -0.39 is 16.3 Å². The van der Waals surface area contributed by atoms with Gasteiger partial charge in [-0.3, -0.25) is 4.79 Å². The van der Waals surface area contributed by atoms with Gasteiger partial charge in [0.15, 0.2) is 0 Å². The Balaban J connectivity index is 2.10. The van der Waals surface area contributed by atoms with Crippen LogP contribution in [0.15, 0.2) is 29.3 Å². The van der Waals surface area contributed by atoms with E-state index in [1.807, 2.05) is 6.92 Å². The molecule has 1 aromatic rings. The summed E-state index contributed by atoms with van der Waals surface area (Å²) in [6.45, 7) is 6.38. The van der Waals surface area contributed by atoms with E-state index in [9.17, 15) is 13.6 Å². The summed E-state index contributed by atoms with van der Waals surface area (Å²) in [6, 6.07) is 6.27. The van der Waals surface area contributed by atoms with E-state index in [1.54, 1.807) is 19.1 Å². The summed E-state index contributed by atoms with van der Waals surface area (Å²) in [4.78, 5) is 16.0. The van der Waals surface area contributed by atoms with Crippen LogP contribution in [0, 0.1) is 5.82 Å². The molecule has 0 saturated carbocycles. The fraction of sp³-hybridized carbons (Fsp3) is 0.500. The quantitative estimate of drug-likeness (QED) is 0.819. The van der Waals surface area contributed by atoms with Crippen LogP contribution in [0.1, 0.15) is 45.6 Å². The van der Waals surface area contributed by atoms with Gasteiger partial charge in [-0.1, -0.05) is 30.8 Å². The zero-order chi connectivity index (χ0) is 15.8. The maximum absolute atomic E-state index is 14.3. The lowest BCUT2D eigenvalue weighted by Crippen LogP contribution is -2.45. The SMILES string of the molecule is C[C@H](CC1=NC(=O)[C@](C)(C(C)(C)F)S1)c1ccc(F)cc1. The van der Waals surface area contributed by atoms with Crippen LogP contribution in [-0.2, 0) is 4.79 Å². The van der Waals surface area contributed by atoms with Crippen LogP contribution in [0.3, 0.4) is 0 Å². The first-order chi connectivity index (χ1) is 9.63. The first-order valence-corrected chi connectivity index (χ1v) is 7.70. The molecule has 0 spiro atoms. The third kappa shape index (κ3) is 3.18. The van der Waals surface area contributed by atoms with Crippen LogP contribution in [0.2, 0.25) is 0 Å². The fourth-order valence-electron chi connectivity index (χ4n) is 2.16. The van der Waals surface area contributed by atoms with Crippen molar-refractivity contribution in [3.05, 3.63) is 35.6 Å². The number of amides is 1. The second-order valence-electron chi connectivity index (χ2n) is 6.08. The Morgan fingerprint density at radius 2 is 1.90 bits per heavy atom. The predicted molar refractivity (Wildman–Crippen MR) is 83.1 cm³/mol. The molecule has 1 aliphatic rings. The van der Waals surface area contributed by atoms with Crippen molar-refractivity contribution < 1.29 is 13.6 Å². The molecule has 0 bridgehead atoms. The van der Waals surface area contributed by atoms with Gasteiger partial charge in [-0.15, -0.1) is 0 Å². The molecule has 1 aliphatic heterocycles. The van der Waals surface area contributed by atoms with Gasteiger partial charge in [0, 0.05) is 6.42 Å². The number of nitrogens with zero attached hydrogens (tertiary/aromatic N) is 1. The number of benzene rings is 1. The summed E-state index contributed by atoms with van der Waals surface area (Å²) in [6.07, 6.45) is 0.549. The van der Waals surface area contributed by atoms with E-state index in [-0.39, 0.29) is 11.7 Å². The van der Waals surface area contributed by atoms with Gasteiger partial charge in [0.25, 0.3) is 5.91 Å². The molecule has 1 amide bonds. The number of rotatable bonds is 4. The van der Waals surface area contributed by atoms with Crippen LogP contribution < -0.4 is 0 Å². The van der Waals surface area contributed by atoms with E-state index >= 15 is 0 Å². The van der Waals surface area contributed by atoms with Crippen molar-refractivity contribution in [2.75, 3.05) is 0 Å². The van der Waals surface area contributed by atoms with Crippen molar-refractivity contribution in [2.45, 2.75) is 50.4 Å². The number of halogens is 2. The van der Waals surface area contributed by atoms with E-state index in [2.05, 4.69) is 4.99 Å². The molecule has 2 nitrogen and oxygen atoms in total. The van der Waals surface area contributed by atoms with Crippen molar-refractivity contribution in [3.8, 4) is 0 Å². The largest absolute Gasteiger partial charge is 0.271 e. The van der Waals surface area contributed by atoms with E-state index in [0.29, 0.717) is 11.5 Å². The number of hydrogen-bond acceptors (Lipinski definition) is 2. The van der Waals surface area contributed by atoms with Crippen LogP contribution in [-0.4, -0.2) is 21.4 Å². The van der Waals surface area contributed by atoms with Gasteiger partial charge in [0.1, 0.15) is 16.2 Å². The third-order valence-corrected chi connectivity index (χ3v) is 5.57. The highest BCUT2D eigenvalue weighted by Crippen LogP contribution is 2.45. The Hall–Kier alpha value is -1.23. The lowest BCUT2D eigenvalue weighted by molar-refractivity contribution is -0.122. The number of carbonyl (C=O) groups excluding carboxylic acids is 1. The van der Waals surface area contributed by atoms with Gasteiger partial charge in [0.05, 0.1) is 5.04 Å². The molecule has 5 heteroatoms. The number of aliphatic imine (C=N–C) groups is 1. The highest BCUT2D eigenvalue weighted by molar-refractivity contribution is 8.16. The smallest absolute Gasteiger partial charge is 0.266 e. The molecule has 0 radical (unpaired) electrons. The highest BCUT2D eigenvalue weighted by atomic mass is 32.2. The molecule has 114 valence electrons. The van der Waals surface area contributed by atoms with E-state index in [1.165, 1.54) is 37.7 Å². The first kappa shape index (κ1) is 16.1. The Bertz CT molecular complexity index is 577. The molecule has 0 saturated heterocycles. The Labute approximate surface area is 128 Å². The van der Waals surface area contributed by atoms with Crippen LogP contribution in [0.5, 0.6) is 0 Å². The van der Waals surface area contributed by atoms with Crippen molar-refractivity contribution in [2.24, 2.45) is 4.99 Å². The standard InChI is InChI=1S/C16H19F2NOS/c1-10(11-5-7-12(17)8-6-11)9-13-19-14(20)16(4,21-13)15(2,3)18/h5-8,10H,9H2,1-4H3/t10-,16-/m1/s1. The molecule has 0 N–H and O–H groups in total. The molecule has 2 rings (SSSR count). The number of hydrogen-bond donors (Lipinski definition) is 0. The van der Waals surface area contributed by atoms with Gasteiger partial charge in [0.2, 0.25) is 0 Å². The van der Waals surface area contributed by atoms with Crippen LogP contribution in [0.25, 0.3) is 0 Å². The highest BCUT2D eigenvalue weighted by Gasteiger charge is 2.53. The Kier molecular flexibility index (Phi) is 4.24. The molecule has 0 aromatic heterocycles. The predicted octanol–water partition coefficient (Wildman–Crippen LogP) is 4.50. The molecular weight excluding hydrogens is 292 g/mol. The summed E-state index contributed by atoms with van der Waals surface area (Å²) in [7, 11) is 0. The van der Waals surface area contributed by atoms with Crippen molar-refractivity contribution in [1.82, 2.24) is 0 Å². The molecular formula is C16H19F2NOS. The zero-order valence-electron chi connectivity index (χ0n) is 12.6. The summed E-state index contributed by atoms with van der Waals surface area (Å²) in [5, 5.41) is 0.644. The minimum absolute atomic E-state index is 0.0923. The number of thioether (sulfide) groups is 1. The van der Waals surface area contributed by atoms with Crippen molar-refractivity contribution in [3.63, 3.8) is 0 Å². The van der Waals surface area contributed by atoms with Crippen molar-refractivity contribution in [1.29, 1.82) is 0 Å². The Morgan fingerprint density at radius 3 is 2.38 bits per heavy atom.